The Hall–Kier alpha value is -4.01. The number of halogens is 1. The Morgan fingerprint density at radius 2 is 2.19 bits per heavy atom. The van der Waals surface area contributed by atoms with E-state index < -0.39 is 11.9 Å². The molecule has 1 aromatic carbocycles. The monoisotopic (exact) mass is 506 g/mol. The van der Waals surface area contributed by atoms with Crippen molar-refractivity contribution in [2.45, 2.75) is 19.5 Å². The highest BCUT2D eigenvalue weighted by Crippen LogP contribution is 2.30. The highest BCUT2D eigenvalue weighted by atomic mass is 35.5. The molecule has 2 N–H and O–H groups in total. The third-order valence-corrected chi connectivity index (χ3v) is 6.42. The second kappa shape index (κ2) is 9.56. The van der Waals surface area contributed by atoms with Gasteiger partial charge in [-0.3, -0.25) is 14.3 Å². The van der Waals surface area contributed by atoms with Crippen LogP contribution in [0.5, 0.6) is 0 Å². The summed E-state index contributed by atoms with van der Waals surface area (Å²) >= 11 is 6.22. The summed E-state index contributed by atoms with van der Waals surface area (Å²) in [5.74, 6) is -0.828. The van der Waals surface area contributed by atoms with Crippen molar-refractivity contribution < 1.29 is 14.3 Å². The molecule has 0 radical (unpaired) electrons. The number of nitrogens with one attached hydrogen (secondary N) is 2. The van der Waals surface area contributed by atoms with Gasteiger partial charge < -0.3 is 19.9 Å². The fraction of sp³-hybridized carbons (Fsp3) is 0.333. The van der Waals surface area contributed by atoms with Crippen molar-refractivity contribution in [3.63, 3.8) is 0 Å². The van der Waals surface area contributed by atoms with E-state index in [-0.39, 0.29) is 17.4 Å². The molecule has 36 heavy (non-hydrogen) atoms. The molecule has 2 amide bonds. The molecule has 3 aromatic heterocycles. The topological polar surface area (TPSA) is 142 Å². The van der Waals surface area contributed by atoms with Crippen LogP contribution in [0.3, 0.4) is 0 Å². The minimum absolute atomic E-state index is 0.149. The number of hydrogen-bond acceptors (Lipinski definition) is 7. The van der Waals surface area contributed by atoms with Gasteiger partial charge >= 0.3 is 0 Å². The maximum absolute atomic E-state index is 13.0. The summed E-state index contributed by atoms with van der Waals surface area (Å²) in [5, 5.41) is 17.8. The number of nitriles is 1. The molecule has 12 heteroatoms. The average molecular weight is 507 g/mol. The average Bonchev–Trinajstić information content (AvgIpc) is 3.42. The van der Waals surface area contributed by atoms with Gasteiger partial charge in [-0.2, -0.15) is 10.4 Å². The first-order chi connectivity index (χ1) is 17.4. The van der Waals surface area contributed by atoms with Crippen LogP contribution in [0.4, 0.5) is 0 Å². The number of H-pyrrole nitrogens is 1. The van der Waals surface area contributed by atoms with Crippen molar-refractivity contribution in [3.8, 4) is 17.5 Å². The van der Waals surface area contributed by atoms with Crippen molar-refractivity contribution in [2.75, 3.05) is 26.8 Å². The number of ether oxygens (including phenoxy) is 1. The van der Waals surface area contributed by atoms with Crippen LogP contribution in [0.1, 0.15) is 17.3 Å². The van der Waals surface area contributed by atoms with Crippen LogP contribution >= 0.6 is 11.6 Å². The standard InChI is InChI=1S/C24H23ClN8O3/c1-13(24(35)32-11-14(8-26)12-32)29-23(34)17-9-27-22-21(17)30-18(10-28-22)20-16-4-3-15(25)7-19(16)33(31-20)5-6-36-2/h3-4,7,9-10,13-14H,5-6,11-12H2,1-2H3,(H,27,28)(H,29,34)/t13-/m1/s1. The summed E-state index contributed by atoms with van der Waals surface area (Å²) in [6.45, 7) is 3.39. The van der Waals surface area contributed by atoms with Crippen LogP contribution < -0.4 is 5.32 Å². The molecule has 1 aliphatic rings. The normalized spacial score (nSPS) is 14.6. The lowest BCUT2D eigenvalue weighted by Crippen LogP contribution is -2.55. The molecule has 11 nitrogen and oxygen atoms in total. The molecule has 1 saturated heterocycles. The Balaban J connectivity index is 1.44. The predicted octanol–water partition coefficient (Wildman–Crippen LogP) is 2.37. The van der Waals surface area contributed by atoms with Gasteiger partial charge in [0.1, 0.15) is 22.9 Å². The van der Waals surface area contributed by atoms with E-state index in [0.29, 0.717) is 53.8 Å². The van der Waals surface area contributed by atoms with Crippen molar-refractivity contribution in [1.82, 2.24) is 34.9 Å². The number of likely N-dealkylation sites (tertiary alicyclic amines) is 1. The number of methoxy groups -OCH3 is 1. The first-order valence-corrected chi connectivity index (χ1v) is 11.8. The molecule has 5 rings (SSSR count). The number of carbonyl (C=O) groups is 2. The Bertz CT molecular complexity index is 1520. The Morgan fingerprint density at radius 3 is 2.94 bits per heavy atom. The van der Waals surface area contributed by atoms with Gasteiger partial charge in [-0.25, -0.2) is 9.97 Å². The maximum Gasteiger partial charge on any atom is 0.255 e. The van der Waals surface area contributed by atoms with E-state index in [4.69, 9.17) is 31.7 Å². The molecular formula is C24H23ClN8O3. The highest BCUT2D eigenvalue weighted by molar-refractivity contribution is 6.31. The maximum atomic E-state index is 13.0. The molecular weight excluding hydrogens is 484 g/mol. The first-order valence-electron chi connectivity index (χ1n) is 11.4. The number of aromatic nitrogens is 5. The van der Waals surface area contributed by atoms with Gasteiger partial charge in [0.05, 0.1) is 42.4 Å². The molecule has 0 aliphatic carbocycles. The minimum atomic E-state index is -0.747. The van der Waals surface area contributed by atoms with Gasteiger partial charge in [0.15, 0.2) is 5.65 Å². The highest BCUT2D eigenvalue weighted by Gasteiger charge is 2.33. The number of benzene rings is 1. The molecule has 1 aliphatic heterocycles. The van der Waals surface area contributed by atoms with Crippen molar-refractivity contribution in [2.24, 2.45) is 5.92 Å². The Labute approximate surface area is 211 Å². The fourth-order valence-electron chi connectivity index (χ4n) is 4.21. The van der Waals surface area contributed by atoms with E-state index >= 15 is 0 Å². The summed E-state index contributed by atoms with van der Waals surface area (Å²) < 4.78 is 7.00. The molecule has 184 valence electrons. The van der Waals surface area contributed by atoms with Crippen LogP contribution in [-0.2, 0) is 16.1 Å². The van der Waals surface area contributed by atoms with E-state index in [1.165, 1.54) is 6.20 Å². The van der Waals surface area contributed by atoms with E-state index in [1.807, 2.05) is 12.1 Å². The zero-order valence-corrected chi connectivity index (χ0v) is 20.4. The van der Waals surface area contributed by atoms with Crippen molar-refractivity contribution in [3.05, 3.63) is 41.2 Å². The third-order valence-electron chi connectivity index (χ3n) is 6.18. The quantitative estimate of drug-likeness (QED) is 0.392. The van der Waals surface area contributed by atoms with Crippen LogP contribution in [-0.4, -0.2) is 74.3 Å². The molecule has 4 heterocycles. The number of rotatable bonds is 7. The summed E-state index contributed by atoms with van der Waals surface area (Å²) in [4.78, 5) is 39.2. The SMILES string of the molecule is COCCn1nc(-c2cnc3[nH]cc(C(=O)N[C@H](C)C(=O)N4CC(C#N)C4)c3n2)c2ccc(Cl)cc21. The molecule has 1 fully saturated rings. The first kappa shape index (κ1) is 23.7. The summed E-state index contributed by atoms with van der Waals surface area (Å²) in [7, 11) is 1.62. The number of aromatic amines is 1. The molecule has 1 atom stereocenters. The smallest absolute Gasteiger partial charge is 0.255 e. The van der Waals surface area contributed by atoms with Gasteiger partial charge in [0.2, 0.25) is 5.91 Å². The largest absolute Gasteiger partial charge is 0.383 e. The number of hydrogen-bond donors (Lipinski definition) is 2. The Kier molecular flexibility index (Phi) is 6.30. The second-order valence-corrected chi connectivity index (χ2v) is 9.08. The zero-order valence-electron chi connectivity index (χ0n) is 19.7. The van der Waals surface area contributed by atoms with E-state index in [0.717, 1.165) is 10.9 Å². The van der Waals surface area contributed by atoms with E-state index in [1.54, 1.807) is 35.9 Å². The van der Waals surface area contributed by atoms with E-state index in [9.17, 15) is 9.59 Å². The van der Waals surface area contributed by atoms with Gasteiger partial charge in [-0.05, 0) is 25.1 Å². The Morgan fingerprint density at radius 1 is 1.39 bits per heavy atom. The number of carbonyl (C=O) groups excluding carboxylic acids is 2. The van der Waals surface area contributed by atoms with Gasteiger partial charge in [-0.15, -0.1) is 0 Å². The van der Waals surface area contributed by atoms with Crippen molar-refractivity contribution >= 4 is 45.5 Å². The van der Waals surface area contributed by atoms with E-state index in [2.05, 4.69) is 21.4 Å². The molecule has 0 unspecified atom stereocenters. The number of fused-ring (bicyclic) bond motifs is 2. The molecule has 0 bridgehead atoms. The van der Waals surface area contributed by atoms with Crippen molar-refractivity contribution in [1.29, 1.82) is 5.26 Å². The summed E-state index contributed by atoms with van der Waals surface area (Å²) in [6, 6.07) is 6.88. The minimum Gasteiger partial charge on any atom is -0.383 e. The summed E-state index contributed by atoms with van der Waals surface area (Å²) in [5.41, 5.74) is 3.00. The number of amides is 2. The molecule has 4 aromatic rings. The van der Waals surface area contributed by atoms with Crippen LogP contribution in [0.15, 0.2) is 30.6 Å². The molecule has 0 saturated carbocycles. The lowest BCUT2D eigenvalue weighted by Gasteiger charge is -2.37. The third kappa shape index (κ3) is 4.25. The lowest BCUT2D eigenvalue weighted by atomic mass is 10.0. The fourth-order valence-corrected chi connectivity index (χ4v) is 4.38. The lowest BCUT2D eigenvalue weighted by molar-refractivity contribution is -0.137. The van der Waals surface area contributed by atoms with Crippen LogP contribution in [0.25, 0.3) is 33.5 Å². The number of nitrogens with zero attached hydrogens (tertiary/aromatic N) is 6. The van der Waals surface area contributed by atoms with Crippen LogP contribution in [0, 0.1) is 17.2 Å². The predicted molar refractivity (Wildman–Crippen MR) is 132 cm³/mol. The molecule has 0 spiro atoms. The van der Waals surface area contributed by atoms with Crippen LogP contribution in [0.2, 0.25) is 5.02 Å². The van der Waals surface area contributed by atoms with Gasteiger partial charge in [0, 0.05) is 36.8 Å². The summed E-state index contributed by atoms with van der Waals surface area (Å²) in [6.07, 6.45) is 3.12. The van der Waals surface area contributed by atoms with Gasteiger partial charge in [-0.1, -0.05) is 11.6 Å². The van der Waals surface area contributed by atoms with Gasteiger partial charge in [0.25, 0.3) is 5.91 Å². The zero-order chi connectivity index (χ0) is 25.4. The second-order valence-electron chi connectivity index (χ2n) is 8.65.